The van der Waals surface area contributed by atoms with E-state index >= 15 is 0 Å². The minimum atomic E-state index is -3.12. The largest absolute Gasteiger partial charge is 0.468 e. The van der Waals surface area contributed by atoms with Gasteiger partial charge < -0.3 is 15.1 Å². The molecule has 0 saturated carbocycles. The summed E-state index contributed by atoms with van der Waals surface area (Å²) in [5, 5.41) is 6.60. The van der Waals surface area contributed by atoms with Gasteiger partial charge in [-0.05, 0) is 51.4 Å². The van der Waals surface area contributed by atoms with Crippen LogP contribution in [-0.4, -0.2) is 64.8 Å². The van der Waals surface area contributed by atoms with Gasteiger partial charge >= 0.3 is 0 Å². The van der Waals surface area contributed by atoms with Crippen molar-refractivity contribution in [3.63, 3.8) is 0 Å². The van der Waals surface area contributed by atoms with Gasteiger partial charge in [0, 0.05) is 26.7 Å². The van der Waals surface area contributed by atoms with E-state index in [0.29, 0.717) is 32.0 Å². The van der Waals surface area contributed by atoms with Crippen LogP contribution < -0.4 is 15.4 Å². The number of halogens is 1. The van der Waals surface area contributed by atoms with Crippen LogP contribution in [0.1, 0.15) is 44.4 Å². The van der Waals surface area contributed by atoms with E-state index in [-0.39, 0.29) is 35.8 Å². The summed E-state index contributed by atoms with van der Waals surface area (Å²) in [4.78, 5) is 6.72. The van der Waals surface area contributed by atoms with Crippen LogP contribution in [0.5, 0.6) is 0 Å². The molecule has 162 valence electrons. The zero-order valence-corrected chi connectivity index (χ0v) is 20.0. The fourth-order valence-corrected chi connectivity index (χ4v) is 3.82. The molecule has 2 rings (SSSR count). The molecule has 1 aromatic rings. The molecule has 1 aliphatic rings. The molecule has 1 fully saturated rings. The predicted molar refractivity (Wildman–Crippen MR) is 124 cm³/mol. The van der Waals surface area contributed by atoms with E-state index in [1.807, 2.05) is 12.1 Å². The molecule has 0 bridgehead atoms. The Morgan fingerprint density at radius 3 is 2.61 bits per heavy atom. The quantitative estimate of drug-likeness (QED) is 0.186. The fraction of sp³-hybridized carbons (Fsp3) is 0.722. The fourth-order valence-electron chi connectivity index (χ4n) is 3.16. The number of nitrogens with zero attached hydrogens (tertiary/aromatic N) is 2. The first-order valence-corrected chi connectivity index (χ1v) is 11.4. The minimum absolute atomic E-state index is 0. The van der Waals surface area contributed by atoms with Crippen molar-refractivity contribution in [2.45, 2.75) is 38.6 Å². The summed E-state index contributed by atoms with van der Waals surface area (Å²) in [6, 6.07) is 4.13. The van der Waals surface area contributed by atoms with Crippen LogP contribution in [0.2, 0.25) is 0 Å². The lowest BCUT2D eigenvalue weighted by atomic mass is 10.1. The summed E-state index contributed by atoms with van der Waals surface area (Å²) in [6.45, 7) is 5.55. The van der Waals surface area contributed by atoms with Crippen LogP contribution in [0.4, 0.5) is 0 Å². The second kappa shape index (κ2) is 13.4. The van der Waals surface area contributed by atoms with E-state index < -0.39 is 10.0 Å². The molecule has 28 heavy (non-hydrogen) atoms. The number of hydrogen-bond donors (Lipinski definition) is 3. The maximum absolute atomic E-state index is 11.4. The number of furan rings is 1. The van der Waals surface area contributed by atoms with Crippen LogP contribution in [0.25, 0.3) is 0 Å². The second-order valence-corrected chi connectivity index (χ2v) is 8.75. The van der Waals surface area contributed by atoms with E-state index in [1.54, 1.807) is 20.2 Å². The molecule has 3 N–H and O–H groups in total. The Labute approximate surface area is 186 Å². The Kier molecular flexibility index (Phi) is 12.0. The van der Waals surface area contributed by atoms with Crippen molar-refractivity contribution in [3.05, 3.63) is 24.2 Å². The Balaban J connectivity index is 0.00000392. The number of rotatable bonds is 10. The lowest BCUT2D eigenvalue weighted by Gasteiger charge is -2.33. The maximum atomic E-state index is 11.4. The van der Waals surface area contributed by atoms with E-state index in [2.05, 4.69) is 25.2 Å². The normalized spacial score (nSPS) is 17.0. The van der Waals surface area contributed by atoms with Gasteiger partial charge in [0.2, 0.25) is 10.0 Å². The second-order valence-electron chi connectivity index (χ2n) is 6.66. The van der Waals surface area contributed by atoms with Crippen molar-refractivity contribution in [1.29, 1.82) is 0 Å². The van der Waals surface area contributed by atoms with Crippen molar-refractivity contribution >= 4 is 40.0 Å². The number of piperidine rings is 1. The lowest BCUT2D eigenvalue weighted by molar-refractivity contribution is 0.146. The van der Waals surface area contributed by atoms with Crippen molar-refractivity contribution in [2.24, 2.45) is 4.99 Å². The highest BCUT2D eigenvalue weighted by atomic mass is 127. The zero-order valence-electron chi connectivity index (χ0n) is 16.8. The third-order valence-electron chi connectivity index (χ3n) is 4.74. The van der Waals surface area contributed by atoms with Crippen molar-refractivity contribution in [3.8, 4) is 0 Å². The summed E-state index contributed by atoms with van der Waals surface area (Å²) in [5.41, 5.74) is 0. The Morgan fingerprint density at radius 2 is 2.00 bits per heavy atom. The molecule has 2 heterocycles. The molecule has 1 saturated heterocycles. The minimum Gasteiger partial charge on any atom is -0.468 e. The van der Waals surface area contributed by atoms with Crippen LogP contribution in [0.15, 0.2) is 27.8 Å². The molecule has 1 atom stereocenters. The van der Waals surface area contributed by atoms with Gasteiger partial charge in [-0.3, -0.25) is 9.89 Å². The standard InChI is InChI=1S/C18H33N5O3S.HI/c1-3-27(24,25)22-11-8-10-20-18(19-2)21-15-16(17-9-7-14-26-17)23-12-5-4-6-13-23;/h7,9,14,16,22H,3-6,8,10-13,15H2,1-2H3,(H2,19,20,21);1H. The number of sulfonamides is 1. The molecule has 1 aliphatic heterocycles. The summed E-state index contributed by atoms with van der Waals surface area (Å²) in [7, 11) is -1.39. The number of likely N-dealkylation sites (tertiary alicyclic amines) is 1. The van der Waals surface area contributed by atoms with Gasteiger partial charge in [-0.15, -0.1) is 24.0 Å². The molecule has 1 unspecified atom stereocenters. The third-order valence-corrected chi connectivity index (χ3v) is 6.14. The van der Waals surface area contributed by atoms with E-state index in [0.717, 1.165) is 18.8 Å². The summed E-state index contributed by atoms with van der Waals surface area (Å²) in [5.74, 6) is 1.78. The monoisotopic (exact) mass is 527 g/mol. The Morgan fingerprint density at radius 1 is 1.25 bits per heavy atom. The Hall–Kier alpha value is -0.850. The first-order chi connectivity index (χ1) is 13.1. The van der Waals surface area contributed by atoms with Gasteiger partial charge in [-0.2, -0.15) is 0 Å². The predicted octanol–water partition coefficient (Wildman–Crippen LogP) is 1.92. The van der Waals surface area contributed by atoms with E-state index in [9.17, 15) is 8.42 Å². The Bertz CT molecular complexity index is 661. The lowest BCUT2D eigenvalue weighted by Crippen LogP contribution is -2.44. The molecule has 0 amide bonds. The molecule has 10 heteroatoms. The van der Waals surface area contributed by atoms with Gasteiger partial charge in [0.05, 0.1) is 18.1 Å². The van der Waals surface area contributed by atoms with Gasteiger partial charge in [0.15, 0.2) is 5.96 Å². The number of hydrogen-bond acceptors (Lipinski definition) is 5. The average molecular weight is 527 g/mol. The molecule has 0 radical (unpaired) electrons. The SMILES string of the molecule is CCS(=O)(=O)NCCCNC(=NC)NCC(c1ccco1)N1CCCCC1.I. The van der Waals surface area contributed by atoms with Crippen LogP contribution >= 0.6 is 24.0 Å². The van der Waals surface area contributed by atoms with Gasteiger partial charge in [0.25, 0.3) is 0 Å². The zero-order chi connectivity index (χ0) is 19.5. The molecular weight excluding hydrogens is 493 g/mol. The summed E-state index contributed by atoms with van der Waals surface area (Å²) < 4.78 is 31.1. The molecule has 0 aliphatic carbocycles. The van der Waals surface area contributed by atoms with Crippen molar-refractivity contribution < 1.29 is 12.8 Å². The van der Waals surface area contributed by atoms with Crippen LogP contribution in [0, 0.1) is 0 Å². The number of nitrogens with one attached hydrogen (secondary N) is 3. The van der Waals surface area contributed by atoms with Crippen LogP contribution in [-0.2, 0) is 10.0 Å². The van der Waals surface area contributed by atoms with Crippen molar-refractivity contribution in [2.75, 3.05) is 45.5 Å². The highest BCUT2D eigenvalue weighted by Crippen LogP contribution is 2.24. The van der Waals surface area contributed by atoms with E-state index in [1.165, 1.54) is 19.3 Å². The molecule has 1 aromatic heterocycles. The molecule has 0 aromatic carbocycles. The van der Waals surface area contributed by atoms with Gasteiger partial charge in [0.1, 0.15) is 5.76 Å². The summed E-state index contributed by atoms with van der Waals surface area (Å²) in [6.07, 6.45) is 6.14. The summed E-state index contributed by atoms with van der Waals surface area (Å²) >= 11 is 0. The van der Waals surface area contributed by atoms with Crippen LogP contribution in [0.3, 0.4) is 0 Å². The highest BCUT2D eigenvalue weighted by molar-refractivity contribution is 14.0. The smallest absolute Gasteiger partial charge is 0.211 e. The molecule has 0 spiro atoms. The average Bonchev–Trinajstić information content (AvgIpc) is 3.21. The highest BCUT2D eigenvalue weighted by Gasteiger charge is 2.24. The topological polar surface area (TPSA) is 99.0 Å². The first-order valence-electron chi connectivity index (χ1n) is 9.75. The van der Waals surface area contributed by atoms with E-state index in [4.69, 9.17) is 4.42 Å². The molecule has 8 nitrogen and oxygen atoms in total. The van der Waals surface area contributed by atoms with Gasteiger partial charge in [-0.1, -0.05) is 6.42 Å². The number of guanidine groups is 1. The van der Waals surface area contributed by atoms with Crippen molar-refractivity contribution in [1.82, 2.24) is 20.3 Å². The molecular formula is C18H34IN5O3S. The third kappa shape index (κ3) is 8.66. The first kappa shape index (κ1) is 25.2. The maximum Gasteiger partial charge on any atom is 0.211 e. The van der Waals surface area contributed by atoms with Gasteiger partial charge in [-0.25, -0.2) is 13.1 Å². The number of aliphatic imine (C=N–C) groups is 1.